The second-order valence-corrected chi connectivity index (χ2v) is 5.00. The molecule has 90 valence electrons. The number of hydrogen-bond acceptors (Lipinski definition) is 4. The van der Waals surface area contributed by atoms with Gasteiger partial charge in [0.25, 0.3) is 0 Å². The molecule has 0 atom stereocenters. The van der Waals surface area contributed by atoms with E-state index in [9.17, 15) is 4.57 Å². The van der Waals surface area contributed by atoms with Gasteiger partial charge in [-0.2, -0.15) is 0 Å². The minimum atomic E-state index is -3.25. The van der Waals surface area contributed by atoms with Gasteiger partial charge in [-0.1, -0.05) is 12.1 Å². The third-order valence-electron chi connectivity index (χ3n) is 1.98. The van der Waals surface area contributed by atoms with Gasteiger partial charge in [-0.3, -0.25) is 4.57 Å². The average molecular weight is 244 g/mol. The summed E-state index contributed by atoms with van der Waals surface area (Å²) in [5.74, 6) is 0.521. The Labute approximate surface area is 96.1 Å². The van der Waals surface area contributed by atoms with Crippen molar-refractivity contribution in [2.45, 2.75) is 13.8 Å². The van der Waals surface area contributed by atoms with Gasteiger partial charge in [-0.25, -0.2) is 0 Å². The second kappa shape index (κ2) is 6.04. The van der Waals surface area contributed by atoms with Crippen LogP contribution in [0.1, 0.15) is 13.8 Å². The largest absolute Gasteiger partial charge is 0.496 e. The molecular weight excluding hydrogens is 227 g/mol. The van der Waals surface area contributed by atoms with E-state index in [2.05, 4.69) is 0 Å². The Bertz CT molecular complexity index is 368. The normalized spacial score (nSPS) is 11.4. The highest BCUT2D eigenvalue weighted by molar-refractivity contribution is 7.62. The summed E-state index contributed by atoms with van der Waals surface area (Å²) in [5, 5.41) is 0.473. The van der Waals surface area contributed by atoms with Crippen LogP contribution < -0.4 is 10.0 Å². The van der Waals surface area contributed by atoms with Crippen LogP contribution in [0.15, 0.2) is 24.3 Å². The van der Waals surface area contributed by atoms with Crippen LogP contribution >= 0.6 is 7.60 Å². The van der Waals surface area contributed by atoms with E-state index in [0.29, 0.717) is 24.3 Å². The Balaban J connectivity index is 3.15. The monoisotopic (exact) mass is 244 g/mol. The summed E-state index contributed by atoms with van der Waals surface area (Å²) >= 11 is 0. The van der Waals surface area contributed by atoms with Gasteiger partial charge in [0.1, 0.15) is 11.1 Å². The van der Waals surface area contributed by atoms with Crippen LogP contribution in [0.3, 0.4) is 0 Å². The lowest BCUT2D eigenvalue weighted by atomic mass is 10.3. The Morgan fingerprint density at radius 1 is 1.12 bits per heavy atom. The van der Waals surface area contributed by atoms with Gasteiger partial charge in [0.05, 0.1) is 20.3 Å². The highest BCUT2D eigenvalue weighted by atomic mass is 31.2. The summed E-state index contributed by atoms with van der Waals surface area (Å²) in [4.78, 5) is 0. The molecule has 0 N–H and O–H groups in total. The minimum Gasteiger partial charge on any atom is -0.496 e. The maximum Gasteiger partial charge on any atom is 0.365 e. The Morgan fingerprint density at radius 2 is 1.69 bits per heavy atom. The molecule has 0 saturated heterocycles. The quantitative estimate of drug-likeness (QED) is 0.721. The van der Waals surface area contributed by atoms with E-state index < -0.39 is 7.60 Å². The Hall–Kier alpha value is -0.830. The molecule has 5 heteroatoms. The molecule has 0 aliphatic carbocycles. The van der Waals surface area contributed by atoms with Gasteiger partial charge in [0, 0.05) is 0 Å². The molecule has 4 nitrogen and oxygen atoms in total. The third kappa shape index (κ3) is 2.85. The summed E-state index contributed by atoms with van der Waals surface area (Å²) in [6, 6.07) is 7.03. The maximum absolute atomic E-state index is 12.5. The number of para-hydroxylation sites is 1. The zero-order valence-corrected chi connectivity index (χ0v) is 10.7. The lowest BCUT2D eigenvalue weighted by Crippen LogP contribution is -2.13. The van der Waals surface area contributed by atoms with E-state index in [0.717, 1.165) is 0 Å². The van der Waals surface area contributed by atoms with Gasteiger partial charge < -0.3 is 13.8 Å². The maximum atomic E-state index is 12.5. The van der Waals surface area contributed by atoms with Gasteiger partial charge in [-0.15, -0.1) is 0 Å². The molecule has 16 heavy (non-hydrogen) atoms. The number of hydrogen-bond donors (Lipinski definition) is 0. The molecule has 0 aliphatic rings. The van der Waals surface area contributed by atoms with Crippen molar-refractivity contribution >= 4 is 12.9 Å². The van der Waals surface area contributed by atoms with Crippen molar-refractivity contribution in [2.24, 2.45) is 0 Å². The predicted molar refractivity (Wildman–Crippen MR) is 63.5 cm³/mol. The van der Waals surface area contributed by atoms with Crippen molar-refractivity contribution < 1.29 is 18.3 Å². The van der Waals surface area contributed by atoms with Gasteiger partial charge in [0.2, 0.25) is 0 Å². The molecule has 0 radical (unpaired) electrons. The van der Waals surface area contributed by atoms with Crippen LogP contribution in [0.25, 0.3) is 0 Å². The number of methoxy groups -OCH3 is 1. The van der Waals surface area contributed by atoms with E-state index in [1.165, 1.54) is 7.11 Å². The first-order valence-electron chi connectivity index (χ1n) is 5.20. The zero-order valence-electron chi connectivity index (χ0n) is 9.80. The van der Waals surface area contributed by atoms with E-state index in [4.69, 9.17) is 13.8 Å². The highest BCUT2D eigenvalue weighted by Crippen LogP contribution is 2.48. The number of ether oxygens (including phenoxy) is 1. The van der Waals surface area contributed by atoms with E-state index in [-0.39, 0.29) is 0 Å². The molecule has 0 bridgehead atoms. The molecule has 0 amide bonds. The molecule has 1 aromatic carbocycles. The van der Waals surface area contributed by atoms with Crippen molar-refractivity contribution in [1.82, 2.24) is 0 Å². The minimum absolute atomic E-state index is 0.329. The number of rotatable bonds is 6. The summed E-state index contributed by atoms with van der Waals surface area (Å²) < 4.78 is 28.1. The molecule has 0 aliphatic heterocycles. The number of benzene rings is 1. The van der Waals surface area contributed by atoms with Crippen LogP contribution in [0.4, 0.5) is 0 Å². The van der Waals surface area contributed by atoms with Crippen LogP contribution in [0.5, 0.6) is 5.75 Å². The molecule has 0 saturated carbocycles. The van der Waals surface area contributed by atoms with Gasteiger partial charge >= 0.3 is 7.60 Å². The molecule has 0 unspecified atom stereocenters. The molecule has 0 aromatic heterocycles. The molecule has 1 rings (SSSR count). The van der Waals surface area contributed by atoms with Crippen molar-refractivity contribution in [3.63, 3.8) is 0 Å². The highest BCUT2D eigenvalue weighted by Gasteiger charge is 2.29. The summed E-state index contributed by atoms with van der Waals surface area (Å²) in [6.45, 7) is 4.22. The van der Waals surface area contributed by atoms with Crippen molar-refractivity contribution in [2.75, 3.05) is 20.3 Å². The first-order chi connectivity index (χ1) is 7.68. The smallest absolute Gasteiger partial charge is 0.365 e. The van der Waals surface area contributed by atoms with Gasteiger partial charge in [0.15, 0.2) is 0 Å². The van der Waals surface area contributed by atoms with Crippen molar-refractivity contribution in [3.05, 3.63) is 24.3 Å². The average Bonchev–Trinajstić information content (AvgIpc) is 2.29. The lowest BCUT2D eigenvalue weighted by molar-refractivity contribution is 0.229. The molecular formula is C11H17O4P. The van der Waals surface area contributed by atoms with Crippen molar-refractivity contribution in [3.8, 4) is 5.75 Å². The first-order valence-corrected chi connectivity index (χ1v) is 6.75. The summed E-state index contributed by atoms with van der Waals surface area (Å²) in [6.07, 6.45) is 0. The standard InChI is InChI=1S/C11H17O4P/c1-4-14-16(12,15-5-2)11-9-7-6-8-10(11)13-3/h6-9H,4-5H2,1-3H3. The fourth-order valence-corrected chi connectivity index (χ4v) is 3.11. The topological polar surface area (TPSA) is 44.8 Å². The van der Waals surface area contributed by atoms with E-state index in [1.54, 1.807) is 32.0 Å². The molecule has 0 spiro atoms. The van der Waals surface area contributed by atoms with Crippen LogP contribution in [-0.2, 0) is 13.6 Å². The molecule has 0 fully saturated rings. The fourth-order valence-electron chi connectivity index (χ4n) is 1.37. The zero-order chi connectivity index (χ0) is 12.0. The molecule has 0 heterocycles. The Kier molecular flexibility index (Phi) is 5.00. The van der Waals surface area contributed by atoms with E-state index >= 15 is 0 Å². The SMILES string of the molecule is CCOP(=O)(OCC)c1ccccc1OC. The summed E-state index contributed by atoms with van der Waals surface area (Å²) in [7, 11) is -1.72. The van der Waals surface area contributed by atoms with Crippen molar-refractivity contribution in [1.29, 1.82) is 0 Å². The van der Waals surface area contributed by atoms with Crippen LogP contribution in [0, 0.1) is 0 Å². The fraction of sp³-hybridized carbons (Fsp3) is 0.455. The molecule has 1 aromatic rings. The van der Waals surface area contributed by atoms with Crippen LogP contribution in [0.2, 0.25) is 0 Å². The second-order valence-electron chi connectivity index (χ2n) is 3.00. The Morgan fingerprint density at radius 3 is 2.19 bits per heavy atom. The predicted octanol–water partition coefficient (Wildman–Crippen LogP) is 2.59. The van der Waals surface area contributed by atoms with Gasteiger partial charge in [-0.05, 0) is 26.0 Å². The summed E-state index contributed by atoms with van der Waals surface area (Å²) in [5.41, 5.74) is 0. The van der Waals surface area contributed by atoms with E-state index in [1.807, 2.05) is 6.07 Å². The lowest BCUT2D eigenvalue weighted by Gasteiger charge is -2.19. The first kappa shape index (κ1) is 13.2. The van der Waals surface area contributed by atoms with Crippen LogP contribution in [-0.4, -0.2) is 20.3 Å². The third-order valence-corrected chi connectivity index (χ3v) is 4.13.